The van der Waals surface area contributed by atoms with E-state index >= 15 is 0 Å². The Morgan fingerprint density at radius 2 is 2.00 bits per heavy atom. The number of nitrogens with one attached hydrogen (secondary N) is 1. The lowest BCUT2D eigenvalue weighted by Gasteiger charge is -2.28. The van der Waals surface area contributed by atoms with Gasteiger partial charge in [-0.2, -0.15) is 0 Å². The third-order valence-electron chi connectivity index (χ3n) is 3.02. The van der Waals surface area contributed by atoms with Crippen LogP contribution in [0.2, 0.25) is 0 Å². The average molecular weight is 228 g/mol. The molecule has 0 aromatic carbocycles. The lowest BCUT2D eigenvalue weighted by Crippen LogP contribution is -2.33. The summed E-state index contributed by atoms with van der Waals surface area (Å²) >= 11 is 0. The second-order valence-corrected chi connectivity index (χ2v) is 4.46. The zero-order valence-electron chi connectivity index (χ0n) is 9.74. The summed E-state index contributed by atoms with van der Waals surface area (Å²) in [5.74, 6) is -0.793. The number of hydrogen-bond acceptors (Lipinski definition) is 3. The number of carboxylic acids is 1. The van der Waals surface area contributed by atoms with Gasteiger partial charge in [-0.25, -0.2) is 0 Å². The number of amides is 1. The van der Waals surface area contributed by atoms with Gasteiger partial charge in [0, 0.05) is 6.54 Å². The molecule has 5 nitrogen and oxygen atoms in total. The molecule has 1 heterocycles. The van der Waals surface area contributed by atoms with E-state index in [0.29, 0.717) is 12.5 Å². The SMILES string of the molecule is CN1CCC(CCNC(=O)CC(=O)O)CC1. The summed E-state index contributed by atoms with van der Waals surface area (Å²) in [6, 6.07) is 0. The van der Waals surface area contributed by atoms with E-state index in [9.17, 15) is 9.59 Å². The van der Waals surface area contributed by atoms with E-state index < -0.39 is 12.4 Å². The molecular weight excluding hydrogens is 208 g/mol. The molecule has 1 aliphatic heterocycles. The number of rotatable bonds is 5. The summed E-state index contributed by atoms with van der Waals surface area (Å²) in [7, 11) is 2.12. The minimum Gasteiger partial charge on any atom is -0.481 e. The fourth-order valence-corrected chi connectivity index (χ4v) is 1.97. The number of piperidine rings is 1. The Bertz CT molecular complexity index is 248. The zero-order chi connectivity index (χ0) is 12.0. The first kappa shape index (κ1) is 13.0. The number of carboxylic acid groups (broad SMARTS) is 1. The normalized spacial score (nSPS) is 18.3. The first-order valence-corrected chi connectivity index (χ1v) is 5.75. The van der Waals surface area contributed by atoms with Crippen LogP contribution >= 0.6 is 0 Å². The van der Waals surface area contributed by atoms with E-state index in [4.69, 9.17) is 5.11 Å². The van der Waals surface area contributed by atoms with Gasteiger partial charge < -0.3 is 15.3 Å². The summed E-state index contributed by atoms with van der Waals surface area (Å²) in [4.78, 5) is 23.6. The van der Waals surface area contributed by atoms with E-state index in [1.54, 1.807) is 0 Å². The van der Waals surface area contributed by atoms with Crippen molar-refractivity contribution < 1.29 is 14.7 Å². The number of carbonyl (C=O) groups excluding carboxylic acids is 1. The molecule has 0 saturated carbocycles. The molecule has 0 aliphatic carbocycles. The van der Waals surface area contributed by atoms with Gasteiger partial charge in [0.1, 0.15) is 6.42 Å². The maximum absolute atomic E-state index is 11.0. The number of carbonyl (C=O) groups is 2. The summed E-state index contributed by atoms with van der Waals surface area (Å²) in [6.45, 7) is 2.84. The van der Waals surface area contributed by atoms with Crippen molar-refractivity contribution in [3.05, 3.63) is 0 Å². The van der Waals surface area contributed by atoms with Crippen molar-refractivity contribution in [1.82, 2.24) is 10.2 Å². The van der Waals surface area contributed by atoms with Gasteiger partial charge in [0.2, 0.25) is 5.91 Å². The van der Waals surface area contributed by atoms with Crippen molar-refractivity contribution in [3.63, 3.8) is 0 Å². The Morgan fingerprint density at radius 3 is 2.56 bits per heavy atom. The molecule has 0 aromatic rings. The van der Waals surface area contributed by atoms with Crippen LogP contribution in [0.1, 0.15) is 25.7 Å². The Labute approximate surface area is 95.8 Å². The molecule has 5 heteroatoms. The van der Waals surface area contributed by atoms with E-state index in [-0.39, 0.29) is 5.91 Å². The molecule has 1 saturated heterocycles. The van der Waals surface area contributed by atoms with E-state index in [1.165, 1.54) is 12.8 Å². The van der Waals surface area contributed by atoms with Crippen LogP contribution in [0.5, 0.6) is 0 Å². The number of hydrogen-bond donors (Lipinski definition) is 2. The lowest BCUT2D eigenvalue weighted by atomic mass is 9.94. The van der Waals surface area contributed by atoms with Gasteiger partial charge in [0.05, 0.1) is 0 Å². The van der Waals surface area contributed by atoms with Gasteiger partial charge in [-0.1, -0.05) is 0 Å². The Kier molecular flexibility index (Phi) is 5.25. The molecule has 0 bridgehead atoms. The standard InChI is InChI=1S/C11H20N2O3/c1-13-6-3-9(4-7-13)2-5-12-10(14)8-11(15)16/h9H,2-8H2,1H3,(H,12,14)(H,15,16). The van der Waals surface area contributed by atoms with Crippen LogP contribution < -0.4 is 5.32 Å². The van der Waals surface area contributed by atoms with Crippen molar-refractivity contribution in [3.8, 4) is 0 Å². The molecule has 92 valence electrons. The van der Waals surface area contributed by atoms with E-state index in [1.807, 2.05) is 0 Å². The number of nitrogens with zero attached hydrogens (tertiary/aromatic N) is 1. The maximum Gasteiger partial charge on any atom is 0.312 e. The molecule has 0 atom stereocenters. The lowest BCUT2D eigenvalue weighted by molar-refractivity contribution is -0.140. The highest BCUT2D eigenvalue weighted by molar-refractivity contribution is 5.93. The number of aliphatic carboxylic acids is 1. The summed E-state index contributed by atoms with van der Waals surface area (Å²) in [6.07, 6.45) is 2.88. The summed E-state index contributed by atoms with van der Waals surface area (Å²) < 4.78 is 0. The second kappa shape index (κ2) is 6.48. The van der Waals surface area contributed by atoms with Crippen molar-refractivity contribution in [1.29, 1.82) is 0 Å². The highest BCUT2D eigenvalue weighted by Crippen LogP contribution is 2.18. The monoisotopic (exact) mass is 228 g/mol. The number of likely N-dealkylation sites (tertiary alicyclic amines) is 1. The van der Waals surface area contributed by atoms with Crippen LogP contribution in [0.4, 0.5) is 0 Å². The molecule has 1 aliphatic rings. The van der Waals surface area contributed by atoms with Crippen LogP contribution in [0.3, 0.4) is 0 Å². The van der Waals surface area contributed by atoms with Crippen molar-refractivity contribution in [2.24, 2.45) is 5.92 Å². The molecular formula is C11H20N2O3. The van der Waals surface area contributed by atoms with Gasteiger partial charge in [-0.3, -0.25) is 9.59 Å². The quantitative estimate of drug-likeness (QED) is 0.664. The van der Waals surface area contributed by atoms with Gasteiger partial charge in [-0.05, 0) is 45.3 Å². The fraction of sp³-hybridized carbons (Fsp3) is 0.818. The first-order valence-electron chi connectivity index (χ1n) is 5.75. The fourth-order valence-electron chi connectivity index (χ4n) is 1.97. The molecule has 0 spiro atoms. The largest absolute Gasteiger partial charge is 0.481 e. The zero-order valence-corrected chi connectivity index (χ0v) is 9.74. The average Bonchev–Trinajstić information content (AvgIpc) is 2.20. The highest BCUT2D eigenvalue weighted by Gasteiger charge is 2.16. The van der Waals surface area contributed by atoms with Crippen LogP contribution in [0.15, 0.2) is 0 Å². The van der Waals surface area contributed by atoms with E-state index in [2.05, 4.69) is 17.3 Å². The first-order chi connectivity index (χ1) is 7.58. The third-order valence-corrected chi connectivity index (χ3v) is 3.02. The maximum atomic E-state index is 11.0. The van der Waals surface area contributed by atoms with Gasteiger partial charge in [-0.15, -0.1) is 0 Å². The minimum atomic E-state index is -1.07. The van der Waals surface area contributed by atoms with Gasteiger partial charge >= 0.3 is 5.97 Å². The Hall–Kier alpha value is -1.10. The molecule has 1 fully saturated rings. The van der Waals surface area contributed by atoms with Crippen LogP contribution in [0, 0.1) is 5.92 Å². The molecule has 0 radical (unpaired) electrons. The van der Waals surface area contributed by atoms with E-state index in [0.717, 1.165) is 19.5 Å². The van der Waals surface area contributed by atoms with Crippen molar-refractivity contribution >= 4 is 11.9 Å². The molecule has 0 unspecified atom stereocenters. The van der Waals surface area contributed by atoms with Crippen molar-refractivity contribution in [2.45, 2.75) is 25.7 Å². The molecule has 2 N–H and O–H groups in total. The topological polar surface area (TPSA) is 69.6 Å². The predicted molar refractivity (Wildman–Crippen MR) is 60.1 cm³/mol. The Balaban J connectivity index is 2.07. The molecule has 16 heavy (non-hydrogen) atoms. The van der Waals surface area contributed by atoms with Crippen LogP contribution in [-0.2, 0) is 9.59 Å². The highest BCUT2D eigenvalue weighted by atomic mass is 16.4. The van der Waals surface area contributed by atoms with Crippen LogP contribution in [-0.4, -0.2) is 48.6 Å². The Morgan fingerprint density at radius 1 is 1.38 bits per heavy atom. The molecule has 1 rings (SSSR count). The van der Waals surface area contributed by atoms with Gasteiger partial charge in [0.15, 0.2) is 0 Å². The predicted octanol–water partition coefficient (Wildman–Crippen LogP) is 0.309. The summed E-state index contributed by atoms with van der Waals surface area (Å²) in [5, 5.41) is 11.0. The van der Waals surface area contributed by atoms with Gasteiger partial charge in [0.25, 0.3) is 0 Å². The smallest absolute Gasteiger partial charge is 0.312 e. The minimum absolute atomic E-state index is 0.388. The molecule has 0 aromatic heterocycles. The molecule has 1 amide bonds. The van der Waals surface area contributed by atoms with Crippen LogP contribution in [0.25, 0.3) is 0 Å². The third kappa shape index (κ3) is 5.11. The van der Waals surface area contributed by atoms with Crippen molar-refractivity contribution in [2.75, 3.05) is 26.7 Å². The second-order valence-electron chi connectivity index (χ2n) is 4.46. The summed E-state index contributed by atoms with van der Waals surface area (Å²) in [5.41, 5.74) is 0.